The molecule has 0 amide bonds. The van der Waals surface area contributed by atoms with Crippen molar-refractivity contribution in [1.82, 2.24) is 15.2 Å². The van der Waals surface area contributed by atoms with Crippen molar-refractivity contribution in [2.24, 2.45) is 5.41 Å². The lowest BCUT2D eigenvalue weighted by Crippen LogP contribution is -2.65. The van der Waals surface area contributed by atoms with Crippen molar-refractivity contribution in [3.63, 3.8) is 0 Å². The zero-order valence-electron chi connectivity index (χ0n) is 15.6. The third-order valence-electron chi connectivity index (χ3n) is 6.82. The first kappa shape index (κ1) is 17.4. The Kier molecular flexibility index (Phi) is 5.39. The molecule has 1 aromatic rings. The van der Waals surface area contributed by atoms with E-state index in [1.165, 1.54) is 63.7 Å². The lowest BCUT2D eigenvalue weighted by atomic mass is 9.60. The maximum atomic E-state index is 6.06. The standard InChI is InChI=1S/C21H33N3O/c1-2-25-20-15-19(21(20)10-4-5-11-21)23-17-8-13-24(14-9-17)16-18-7-3-6-12-22-18/h3,6-7,12,17,19-20,23H,2,4-5,8-11,13-16H2,1H3/t19-,20-/m1/s1. The van der Waals surface area contributed by atoms with Gasteiger partial charge in [-0.15, -0.1) is 0 Å². The number of rotatable bonds is 6. The van der Waals surface area contributed by atoms with Gasteiger partial charge in [-0.1, -0.05) is 18.9 Å². The Morgan fingerprint density at radius 1 is 1.24 bits per heavy atom. The Labute approximate surface area is 152 Å². The lowest BCUT2D eigenvalue weighted by Gasteiger charge is -2.55. The fraction of sp³-hybridized carbons (Fsp3) is 0.762. The molecule has 0 aromatic carbocycles. The summed E-state index contributed by atoms with van der Waals surface area (Å²) in [4.78, 5) is 7.02. The molecule has 1 aliphatic heterocycles. The minimum absolute atomic E-state index is 0.459. The van der Waals surface area contributed by atoms with E-state index < -0.39 is 0 Å². The van der Waals surface area contributed by atoms with Crippen LogP contribution >= 0.6 is 0 Å². The minimum atomic E-state index is 0.459. The van der Waals surface area contributed by atoms with Crippen LogP contribution in [0.15, 0.2) is 24.4 Å². The third kappa shape index (κ3) is 3.62. The highest BCUT2D eigenvalue weighted by Crippen LogP contribution is 2.55. The Hall–Kier alpha value is -0.970. The zero-order valence-corrected chi connectivity index (χ0v) is 15.6. The predicted molar refractivity (Wildman–Crippen MR) is 100 cm³/mol. The summed E-state index contributed by atoms with van der Waals surface area (Å²) in [6.07, 6.45) is 11.7. The number of likely N-dealkylation sites (tertiary alicyclic amines) is 1. The zero-order chi connectivity index (χ0) is 17.1. The van der Waals surface area contributed by atoms with Gasteiger partial charge in [-0.05, 0) is 51.2 Å². The van der Waals surface area contributed by atoms with Crippen LogP contribution in [0.2, 0.25) is 0 Å². The highest BCUT2D eigenvalue weighted by Gasteiger charge is 2.56. The van der Waals surface area contributed by atoms with E-state index >= 15 is 0 Å². The minimum Gasteiger partial charge on any atom is -0.378 e. The lowest BCUT2D eigenvalue weighted by molar-refractivity contribution is -0.133. The van der Waals surface area contributed by atoms with Gasteiger partial charge in [0.1, 0.15) is 0 Å². The van der Waals surface area contributed by atoms with Crippen molar-refractivity contribution in [2.45, 2.75) is 76.6 Å². The monoisotopic (exact) mass is 343 g/mol. The molecule has 0 radical (unpaired) electrons. The molecular weight excluding hydrogens is 310 g/mol. The van der Waals surface area contributed by atoms with Gasteiger partial charge in [0.2, 0.25) is 0 Å². The Morgan fingerprint density at radius 2 is 2.04 bits per heavy atom. The highest BCUT2D eigenvalue weighted by atomic mass is 16.5. The molecule has 1 N–H and O–H groups in total. The number of aromatic nitrogens is 1. The van der Waals surface area contributed by atoms with Gasteiger partial charge in [0.25, 0.3) is 0 Å². The van der Waals surface area contributed by atoms with Gasteiger partial charge in [-0.3, -0.25) is 9.88 Å². The van der Waals surface area contributed by atoms with E-state index in [-0.39, 0.29) is 0 Å². The van der Waals surface area contributed by atoms with Crippen molar-refractivity contribution < 1.29 is 4.74 Å². The fourth-order valence-electron chi connectivity index (χ4n) is 5.38. The van der Waals surface area contributed by atoms with Crippen LogP contribution in [0.3, 0.4) is 0 Å². The molecule has 4 rings (SSSR count). The van der Waals surface area contributed by atoms with Crippen LogP contribution in [0, 0.1) is 5.41 Å². The molecule has 1 aromatic heterocycles. The van der Waals surface area contributed by atoms with Crippen LogP contribution in [0.5, 0.6) is 0 Å². The first-order valence-electron chi connectivity index (χ1n) is 10.3. The number of ether oxygens (including phenoxy) is 1. The molecule has 138 valence electrons. The van der Waals surface area contributed by atoms with Crippen LogP contribution in [-0.2, 0) is 11.3 Å². The number of piperidine rings is 1. The molecule has 2 atom stereocenters. The van der Waals surface area contributed by atoms with Gasteiger partial charge in [0.05, 0.1) is 11.8 Å². The van der Waals surface area contributed by atoms with Gasteiger partial charge in [0.15, 0.2) is 0 Å². The molecule has 1 saturated heterocycles. The normalized spacial score (nSPS) is 29.8. The Morgan fingerprint density at radius 3 is 2.72 bits per heavy atom. The molecule has 2 heterocycles. The molecule has 25 heavy (non-hydrogen) atoms. The van der Waals surface area contributed by atoms with Gasteiger partial charge in [-0.25, -0.2) is 0 Å². The summed E-state index contributed by atoms with van der Waals surface area (Å²) in [5, 5.41) is 4.04. The van der Waals surface area contributed by atoms with E-state index in [1.807, 2.05) is 12.3 Å². The second-order valence-electron chi connectivity index (χ2n) is 8.21. The maximum Gasteiger partial charge on any atom is 0.0661 e. The molecule has 4 heteroatoms. The number of nitrogens with zero attached hydrogens (tertiary/aromatic N) is 2. The number of hydrogen-bond acceptors (Lipinski definition) is 4. The van der Waals surface area contributed by atoms with Crippen molar-refractivity contribution in [2.75, 3.05) is 19.7 Å². The largest absolute Gasteiger partial charge is 0.378 e. The van der Waals surface area contributed by atoms with Gasteiger partial charge in [-0.2, -0.15) is 0 Å². The smallest absolute Gasteiger partial charge is 0.0661 e. The molecular formula is C21H33N3O. The molecule has 1 spiro atoms. The second-order valence-corrected chi connectivity index (χ2v) is 8.21. The first-order chi connectivity index (χ1) is 12.3. The van der Waals surface area contributed by atoms with E-state index in [0.29, 0.717) is 23.6 Å². The van der Waals surface area contributed by atoms with Crippen molar-refractivity contribution >= 4 is 0 Å². The predicted octanol–water partition coefficient (Wildman–Crippen LogP) is 3.37. The average Bonchev–Trinajstić information content (AvgIpc) is 3.16. The van der Waals surface area contributed by atoms with E-state index in [4.69, 9.17) is 4.74 Å². The highest BCUT2D eigenvalue weighted by molar-refractivity contribution is 5.11. The van der Waals surface area contributed by atoms with Crippen LogP contribution in [0.1, 0.15) is 57.6 Å². The Bertz CT molecular complexity index is 535. The number of nitrogens with one attached hydrogen (secondary N) is 1. The fourth-order valence-corrected chi connectivity index (χ4v) is 5.38. The maximum absolute atomic E-state index is 6.06. The van der Waals surface area contributed by atoms with E-state index in [1.54, 1.807) is 0 Å². The summed E-state index contributed by atoms with van der Waals surface area (Å²) >= 11 is 0. The van der Waals surface area contributed by atoms with Crippen molar-refractivity contribution in [1.29, 1.82) is 0 Å². The second kappa shape index (κ2) is 7.73. The summed E-state index contributed by atoms with van der Waals surface area (Å²) in [5.74, 6) is 0. The summed E-state index contributed by atoms with van der Waals surface area (Å²) in [6, 6.07) is 7.59. The van der Waals surface area contributed by atoms with Crippen molar-refractivity contribution in [3.05, 3.63) is 30.1 Å². The van der Waals surface area contributed by atoms with E-state index in [9.17, 15) is 0 Å². The van der Waals surface area contributed by atoms with Crippen LogP contribution in [0.4, 0.5) is 0 Å². The summed E-state index contributed by atoms with van der Waals surface area (Å²) in [6.45, 7) is 6.37. The molecule has 4 nitrogen and oxygen atoms in total. The molecule has 2 saturated carbocycles. The molecule has 3 fully saturated rings. The van der Waals surface area contributed by atoms with Crippen LogP contribution in [0.25, 0.3) is 0 Å². The van der Waals surface area contributed by atoms with Gasteiger partial charge in [0, 0.05) is 49.9 Å². The summed E-state index contributed by atoms with van der Waals surface area (Å²) in [7, 11) is 0. The number of hydrogen-bond donors (Lipinski definition) is 1. The van der Waals surface area contributed by atoms with Crippen LogP contribution < -0.4 is 5.32 Å². The molecule has 0 unspecified atom stereocenters. The van der Waals surface area contributed by atoms with Gasteiger partial charge < -0.3 is 10.1 Å². The molecule has 2 aliphatic carbocycles. The Balaban J connectivity index is 1.26. The summed E-state index contributed by atoms with van der Waals surface area (Å²) in [5.41, 5.74) is 1.65. The number of pyridine rings is 1. The first-order valence-corrected chi connectivity index (χ1v) is 10.3. The van der Waals surface area contributed by atoms with Crippen LogP contribution in [-0.4, -0.2) is 47.8 Å². The molecule has 0 bridgehead atoms. The quantitative estimate of drug-likeness (QED) is 0.859. The third-order valence-corrected chi connectivity index (χ3v) is 6.82. The SMILES string of the molecule is CCO[C@@H]1C[C@@H](NC2CCN(Cc3ccccn3)CC2)C12CCCC2. The van der Waals surface area contributed by atoms with Crippen molar-refractivity contribution in [3.8, 4) is 0 Å². The topological polar surface area (TPSA) is 37.4 Å². The van der Waals surface area contributed by atoms with E-state index in [2.05, 4.69) is 34.3 Å². The van der Waals surface area contributed by atoms with E-state index in [0.717, 1.165) is 13.2 Å². The molecule has 3 aliphatic rings. The average molecular weight is 344 g/mol. The summed E-state index contributed by atoms with van der Waals surface area (Å²) < 4.78 is 6.06. The van der Waals surface area contributed by atoms with Gasteiger partial charge >= 0.3 is 0 Å².